The molecule has 0 radical (unpaired) electrons. The van der Waals surface area contributed by atoms with Crippen LogP contribution in [-0.4, -0.2) is 18.4 Å². The number of hydrogen-bond donors (Lipinski definition) is 1. The van der Waals surface area contributed by atoms with E-state index < -0.39 is 0 Å². The third-order valence-corrected chi connectivity index (χ3v) is 4.65. The molecule has 0 saturated carbocycles. The Morgan fingerprint density at radius 1 is 1.07 bits per heavy atom. The quantitative estimate of drug-likeness (QED) is 0.737. The van der Waals surface area contributed by atoms with Gasteiger partial charge in [0.1, 0.15) is 11.5 Å². The second kappa shape index (κ2) is 7.60. The molecule has 1 aromatic heterocycles. The zero-order valence-electron chi connectivity index (χ0n) is 15.4. The molecule has 0 unspecified atom stereocenters. The normalized spacial score (nSPS) is 14.2. The minimum absolute atomic E-state index is 0.0142. The van der Waals surface area contributed by atoms with Gasteiger partial charge in [0.2, 0.25) is 0 Å². The standard InChI is InChI=1S/C22H20N2O4/c1-15(16-7-3-2-4-8-16)23-22(26)20-12-11-17(28-20)13-24-18-9-5-6-10-19(18)27-14-21(24)25/h2-12,15H,13-14H2,1H3,(H,23,26)/t15-/m1/s1. The van der Waals surface area contributed by atoms with Crippen molar-refractivity contribution in [3.05, 3.63) is 83.8 Å². The second-order valence-corrected chi connectivity index (χ2v) is 6.61. The zero-order chi connectivity index (χ0) is 19.5. The lowest BCUT2D eigenvalue weighted by Crippen LogP contribution is -2.38. The van der Waals surface area contributed by atoms with Gasteiger partial charge in [-0.25, -0.2) is 0 Å². The molecular formula is C22H20N2O4. The molecule has 2 amide bonds. The maximum atomic E-state index is 12.5. The highest BCUT2D eigenvalue weighted by Gasteiger charge is 2.26. The molecule has 1 aliphatic rings. The van der Waals surface area contributed by atoms with E-state index in [-0.39, 0.29) is 36.8 Å². The molecule has 0 saturated heterocycles. The van der Waals surface area contributed by atoms with Crippen LogP contribution in [0.2, 0.25) is 0 Å². The molecule has 3 aromatic rings. The van der Waals surface area contributed by atoms with Crippen LogP contribution in [0, 0.1) is 0 Å². The first-order valence-corrected chi connectivity index (χ1v) is 9.08. The summed E-state index contributed by atoms with van der Waals surface area (Å²) in [5.74, 6) is 0.952. The Morgan fingerprint density at radius 2 is 1.82 bits per heavy atom. The molecule has 6 heteroatoms. The highest BCUT2D eigenvalue weighted by molar-refractivity contribution is 5.97. The summed E-state index contributed by atoms with van der Waals surface area (Å²) in [6.45, 7) is 2.14. The number of rotatable bonds is 5. The Labute approximate surface area is 162 Å². The van der Waals surface area contributed by atoms with E-state index in [2.05, 4.69) is 5.32 Å². The van der Waals surface area contributed by atoms with Crippen molar-refractivity contribution in [1.29, 1.82) is 0 Å². The van der Waals surface area contributed by atoms with Gasteiger partial charge in [-0.05, 0) is 36.8 Å². The van der Waals surface area contributed by atoms with Crippen LogP contribution in [-0.2, 0) is 11.3 Å². The van der Waals surface area contributed by atoms with Crippen LogP contribution in [0.25, 0.3) is 0 Å². The lowest BCUT2D eigenvalue weighted by molar-refractivity contribution is -0.121. The molecule has 0 aliphatic carbocycles. The third kappa shape index (κ3) is 3.62. The van der Waals surface area contributed by atoms with Gasteiger partial charge in [-0.2, -0.15) is 0 Å². The summed E-state index contributed by atoms with van der Waals surface area (Å²) in [4.78, 5) is 26.4. The van der Waals surface area contributed by atoms with Crippen LogP contribution in [0.1, 0.15) is 34.8 Å². The summed E-state index contributed by atoms with van der Waals surface area (Å²) in [5.41, 5.74) is 1.71. The van der Waals surface area contributed by atoms with Crippen molar-refractivity contribution in [3.8, 4) is 5.75 Å². The second-order valence-electron chi connectivity index (χ2n) is 6.61. The Morgan fingerprint density at radius 3 is 2.64 bits per heavy atom. The van der Waals surface area contributed by atoms with Crippen molar-refractivity contribution in [2.45, 2.75) is 19.5 Å². The van der Waals surface area contributed by atoms with Crippen LogP contribution < -0.4 is 15.0 Å². The molecule has 1 aliphatic heterocycles. The minimum Gasteiger partial charge on any atom is -0.482 e. The van der Waals surface area contributed by atoms with E-state index in [1.54, 1.807) is 17.0 Å². The summed E-state index contributed by atoms with van der Waals surface area (Å²) in [7, 11) is 0. The number of carbonyl (C=O) groups is 2. The fourth-order valence-corrected chi connectivity index (χ4v) is 3.16. The summed E-state index contributed by atoms with van der Waals surface area (Å²) in [5, 5.41) is 2.92. The molecule has 28 heavy (non-hydrogen) atoms. The number of fused-ring (bicyclic) bond motifs is 1. The molecule has 1 atom stereocenters. The van der Waals surface area contributed by atoms with Crippen LogP contribution in [0.15, 0.2) is 71.1 Å². The van der Waals surface area contributed by atoms with Crippen LogP contribution in [0.5, 0.6) is 5.75 Å². The minimum atomic E-state index is -0.295. The Balaban J connectivity index is 1.46. The number of amides is 2. The monoisotopic (exact) mass is 376 g/mol. The van der Waals surface area contributed by atoms with Gasteiger partial charge in [0.05, 0.1) is 18.3 Å². The molecule has 0 fully saturated rings. The summed E-state index contributed by atoms with van der Waals surface area (Å²) >= 11 is 0. The number of benzene rings is 2. The predicted molar refractivity (Wildman–Crippen MR) is 104 cm³/mol. The average Bonchev–Trinajstić information content (AvgIpc) is 3.20. The number of para-hydroxylation sites is 2. The van der Waals surface area contributed by atoms with E-state index in [0.717, 1.165) is 5.56 Å². The number of nitrogens with zero attached hydrogens (tertiary/aromatic N) is 1. The topological polar surface area (TPSA) is 71.8 Å². The Hall–Kier alpha value is -3.54. The number of ether oxygens (including phenoxy) is 1. The molecule has 4 rings (SSSR count). The van der Waals surface area contributed by atoms with Crippen LogP contribution >= 0.6 is 0 Å². The molecule has 0 bridgehead atoms. The maximum Gasteiger partial charge on any atom is 0.287 e. The lowest BCUT2D eigenvalue weighted by Gasteiger charge is -2.28. The van der Waals surface area contributed by atoms with Gasteiger partial charge >= 0.3 is 0 Å². The highest BCUT2D eigenvalue weighted by atomic mass is 16.5. The van der Waals surface area contributed by atoms with Crippen molar-refractivity contribution in [3.63, 3.8) is 0 Å². The molecule has 2 heterocycles. The van der Waals surface area contributed by atoms with Crippen LogP contribution in [0.4, 0.5) is 5.69 Å². The first-order valence-electron chi connectivity index (χ1n) is 9.08. The molecule has 142 valence electrons. The van der Waals surface area contributed by atoms with E-state index in [9.17, 15) is 9.59 Å². The fraction of sp³-hybridized carbons (Fsp3) is 0.182. The Kier molecular flexibility index (Phi) is 4.85. The molecule has 0 spiro atoms. The van der Waals surface area contributed by atoms with Gasteiger partial charge in [0, 0.05) is 0 Å². The number of furan rings is 1. The smallest absolute Gasteiger partial charge is 0.287 e. The molecular weight excluding hydrogens is 356 g/mol. The molecule has 1 N–H and O–H groups in total. The molecule has 6 nitrogen and oxygen atoms in total. The number of anilines is 1. The van der Waals surface area contributed by atoms with Gasteiger partial charge in [-0.1, -0.05) is 42.5 Å². The predicted octanol–water partition coefficient (Wildman–Crippen LogP) is 3.70. The van der Waals surface area contributed by atoms with Gasteiger partial charge in [0.25, 0.3) is 11.8 Å². The van der Waals surface area contributed by atoms with Gasteiger partial charge in [0.15, 0.2) is 12.4 Å². The van der Waals surface area contributed by atoms with E-state index >= 15 is 0 Å². The van der Waals surface area contributed by atoms with Crippen molar-refractivity contribution in [2.24, 2.45) is 0 Å². The number of hydrogen-bond acceptors (Lipinski definition) is 4. The first kappa shape index (κ1) is 17.9. The van der Waals surface area contributed by atoms with Crippen molar-refractivity contribution < 1.29 is 18.7 Å². The van der Waals surface area contributed by atoms with Gasteiger partial charge < -0.3 is 14.5 Å². The number of nitrogens with one attached hydrogen (secondary N) is 1. The average molecular weight is 376 g/mol. The van der Waals surface area contributed by atoms with E-state index in [4.69, 9.17) is 9.15 Å². The summed E-state index contributed by atoms with van der Waals surface area (Å²) < 4.78 is 11.1. The van der Waals surface area contributed by atoms with Gasteiger partial charge in [-0.15, -0.1) is 0 Å². The zero-order valence-corrected chi connectivity index (χ0v) is 15.4. The summed E-state index contributed by atoms with van der Waals surface area (Å²) in [6.07, 6.45) is 0. The van der Waals surface area contributed by atoms with Crippen molar-refractivity contribution in [2.75, 3.05) is 11.5 Å². The van der Waals surface area contributed by atoms with Crippen LogP contribution in [0.3, 0.4) is 0 Å². The van der Waals surface area contributed by atoms with Crippen molar-refractivity contribution in [1.82, 2.24) is 5.32 Å². The largest absolute Gasteiger partial charge is 0.482 e. The number of carbonyl (C=O) groups excluding carboxylic acids is 2. The summed E-state index contributed by atoms with van der Waals surface area (Å²) in [6, 6.07) is 20.3. The van der Waals surface area contributed by atoms with Crippen molar-refractivity contribution >= 4 is 17.5 Å². The Bertz CT molecular complexity index is 997. The fourth-order valence-electron chi connectivity index (χ4n) is 3.16. The maximum absolute atomic E-state index is 12.5. The first-order chi connectivity index (χ1) is 13.6. The highest BCUT2D eigenvalue weighted by Crippen LogP contribution is 2.32. The van der Waals surface area contributed by atoms with Gasteiger partial charge in [-0.3, -0.25) is 14.5 Å². The van der Waals surface area contributed by atoms with E-state index in [1.165, 1.54) is 0 Å². The SMILES string of the molecule is C[C@@H](NC(=O)c1ccc(CN2C(=O)COc3ccccc32)o1)c1ccccc1. The van der Waals surface area contributed by atoms with E-state index in [1.807, 2.05) is 61.5 Å². The molecule has 2 aromatic carbocycles. The lowest BCUT2D eigenvalue weighted by atomic mass is 10.1. The third-order valence-electron chi connectivity index (χ3n) is 4.65. The van der Waals surface area contributed by atoms with E-state index in [0.29, 0.717) is 17.2 Å².